The van der Waals surface area contributed by atoms with Gasteiger partial charge in [-0.05, 0) is 50.0 Å². The molecule has 21 heavy (non-hydrogen) atoms. The van der Waals surface area contributed by atoms with Gasteiger partial charge in [0.15, 0.2) is 0 Å². The van der Waals surface area contributed by atoms with Gasteiger partial charge in [-0.3, -0.25) is 0 Å². The average molecular weight is 288 g/mol. The second-order valence-electron chi connectivity index (χ2n) is 6.15. The molecule has 4 nitrogen and oxygen atoms in total. The Kier molecular flexibility index (Phi) is 4.17. The summed E-state index contributed by atoms with van der Waals surface area (Å²) in [6.07, 6.45) is 3.92. The number of β-amino-alcohol motifs (C(OH)–C–C–N with tert-alkyl or cyclic N) is 1. The highest BCUT2D eigenvalue weighted by Crippen LogP contribution is 2.29. The van der Waals surface area contributed by atoms with Crippen molar-refractivity contribution < 1.29 is 9.84 Å². The molecule has 1 aliphatic rings. The molecule has 2 aromatic rings. The van der Waals surface area contributed by atoms with Crippen LogP contribution in [0.3, 0.4) is 0 Å². The minimum atomic E-state index is -0.459. The standard InChI is InChI=1S/C17H24N2O2/c1-12-5-7-19(8-6-12)11-17(20)15-10-18-16-4-3-13(21-2)9-14(15)16/h3-4,9-10,12,17-18,20H,5-8,11H2,1-2H3/t17-/m1/s1. The quantitative estimate of drug-likeness (QED) is 0.909. The molecule has 1 aromatic carbocycles. The van der Waals surface area contributed by atoms with Crippen molar-refractivity contribution in [3.8, 4) is 5.75 Å². The lowest BCUT2D eigenvalue weighted by molar-refractivity contribution is 0.0925. The molecule has 2 N–H and O–H groups in total. The number of H-pyrrole nitrogens is 1. The molecule has 114 valence electrons. The fourth-order valence-electron chi connectivity index (χ4n) is 3.11. The van der Waals surface area contributed by atoms with Gasteiger partial charge in [-0.15, -0.1) is 0 Å². The molecule has 0 saturated carbocycles. The second-order valence-corrected chi connectivity index (χ2v) is 6.15. The van der Waals surface area contributed by atoms with E-state index in [0.717, 1.165) is 41.2 Å². The molecule has 0 unspecified atom stereocenters. The SMILES string of the molecule is COc1ccc2[nH]cc([C@H](O)CN3CCC(C)CC3)c2c1. The molecule has 1 fully saturated rings. The zero-order valence-electron chi connectivity index (χ0n) is 12.8. The highest BCUT2D eigenvalue weighted by atomic mass is 16.5. The van der Waals surface area contributed by atoms with Crippen molar-refractivity contribution in [2.24, 2.45) is 5.92 Å². The number of aromatic nitrogens is 1. The Bertz CT molecular complexity index is 600. The predicted molar refractivity (Wildman–Crippen MR) is 84.6 cm³/mol. The van der Waals surface area contributed by atoms with Crippen molar-refractivity contribution in [1.29, 1.82) is 0 Å². The van der Waals surface area contributed by atoms with Crippen molar-refractivity contribution in [3.63, 3.8) is 0 Å². The van der Waals surface area contributed by atoms with Gasteiger partial charge in [-0.2, -0.15) is 0 Å². The van der Waals surface area contributed by atoms with E-state index < -0.39 is 6.10 Å². The summed E-state index contributed by atoms with van der Waals surface area (Å²) in [5.74, 6) is 1.64. The molecule has 1 saturated heterocycles. The number of ether oxygens (including phenoxy) is 1. The number of aliphatic hydroxyl groups is 1. The number of nitrogens with zero attached hydrogens (tertiary/aromatic N) is 1. The van der Waals surface area contributed by atoms with Gasteiger partial charge in [-0.1, -0.05) is 6.92 Å². The molecule has 3 rings (SSSR count). The van der Waals surface area contributed by atoms with E-state index in [1.54, 1.807) is 7.11 Å². The van der Waals surface area contributed by atoms with Crippen LogP contribution in [0.25, 0.3) is 10.9 Å². The van der Waals surface area contributed by atoms with Crippen LogP contribution < -0.4 is 4.74 Å². The number of fused-ring (bicyclic) bond motifs is 1. The van der Waals surface area contributed by atoms with Crippen LogP contribution in [0.15, 0.2) is 24.4 Å². The van der Waals surface area contributed by atoms with Gasteiger partial charge in [0.2, 0.25) is 0 Å². The van der Waals surface area contributed by atoms with Crippen molar-refractivity contribution in [1.82, 2.24) is 9.88 Å². The molecule has 0 radical (unpaired) electrons. The number of piperidine rings is 1. The van der Waals surface area contributed by atoms with Crippen LogP contribution in [-0.4, -0.2) is 41.7 Å². The second kappa shape index (κ2) is 6.08. The van der Waals surface area contributed by atoms with Gasteiger partial charge in [0, 0.05) is 29.2 Å². The number of methoxy groups -OCH3 is 1. The fourth-order valence-corrected chi connectivity index (χ4v) is 3.11. The molecule has 4 heteroatoms. The van der Waals surface area contributed by atoms with E-state index in [1.165, 1.54) is 12.8 Å². The van der Waals surface area contributed by atoms with Crippen LogP contribution >= 0.6 is 0 Å². The van der Waals surface area contributed by atoms with Gasteiger partial charge in [0.25, 0.3) is 0 Å². The van der Waals surface area contributed by atoms with E-state index in [0.29, 0.717) is 6.54 Å². The minimum Gasteiger partial charge on any atom is -0.497 e. The number of hydrogen-bond donors (Lipinski definition) is 2. The summed E-state index contributed by atoms with van der Waals surface area (Å²) in [5.41, 5.74) is 2.00. The molecule has 0 spiro atoms. The number of benzene rings is 1. The molecular weight excluding hydrogens is 264 g/mol. The summed E-state index contributed by atoms with van der Waals surface area (Å²) in [5, 5.41) is 11.6. The average Bonchev–Trinajstić information content (AvgIpc) is 2.92. The largest absolute Gasteiger partial charge is 0.497 e. The number of nitrogens with one attached hydrogen (secondary N) is 1. The van der Waals surface area contributed by atoms with E-state index in [4.69, 9.17) is 4.74 Å². The van der Waals surface area contributed by atoms with E-state index in [1.807, 2.05) is 24.4 Å². The third-order valence-electron chi connectivity index (χ3n) is 4.59. The third kappa shape index (κ3) is 3.06. The van der Waals surface area contributed by atoms with Gasteiger partial charge in [0.05, 0.1) is 13.2 Å². The number of likely N-dealkylation sites (tertiary alicyclic amines) is 1. The Hall–Kier alpha value is -1.52. The third-order valence-corrected chi connectivity index (χ3v) is 4.59. The van der Waals surface area contributed by atoms with Crippen molar-refractivity contribution >= 4 is 10.9 Å². The van der Waals surface area contributed by atoms with E-state index >= 15 is 0 Å². The summed E-state index contributed by atoms with van der Waals surface area (Å²) in [4.78, 5) is 5.60. The number of hydrogen-bond acceptors (Lipinski definition) is 3. The molecule has 1 aromatic heterocycles. The first-order chi connectivity index (χ1) is 10.2. The maximum absolute atomic E-state index is 10.6. The van der Waals surface area contributed by atoms with Crippen LogP contribution in [0.4, 0.5) is 0 Å². The lowest BCUT2D eigenvalue weighted by atomic mass is 9.98. The van der Waals surface area contributed by atoms with Gasteiger partial charge in [0.1, 0.15) is 5.75 Å². The van der Waals surface area contributed by atoms with Crippen molar-refractivity contribution in [2.45, 2.75) is 25.9 Å². The lowest BCUT2D eigenvalue weighted by Gasteiger charge is -2.31. The molecule has 2 heterocycles. The zero-order chi connectivity index (χ0) is 14.8. The fraction of sp³-hybridized carbons (Fsp3) is 0.529. The highest BCUT2D eigenvalue weighted by molar-refractivity contribution is 5.85. The molecule has 0 amide bonds. The predicted octanol–water partition coefficient (Wildman–Crippen LogP) is 2.94. The van der Waals surface area contributed by atoms with Gasteiger partial charge >= 0.3 is 0 Å². The molecule has 0 aliphatic carbocycles. The first-order valence-electron chi connectivity index (χ1n) is 7.73. The van der Waals surface area contributed by atoms with Crippen molar-refractivity contribution in [3.05, 3.63) is 30.0 Å². The van der Waals surface area contributed by atoms with Crippen LogP contribution in [0.1, 0.15) is 31.4 Å². The monoisotopic (exact) mass is 288 g/mol. The Morgan fingerprint density at radius 1 is 1.38 bits per heavy atom. The van der Waals surface area contributed by atoms with Crippen LogP contribution in [0.2, 0.25) is 0 Å². The Balaban J connectivity index is 1.76. The smallest absolute Gasteiger partial charge is 0.119 e. The van der Waals surface area contributed by atoms with Gasteiger partial charge in [-0.25, -0.2) is 0 Å². The number of rotatable bonds is 4. The molecule has 1 aliphatic heterocycles. The summed E-state index contributed by atoms with van der Waals surface area (Å²) < 4.78 is 5.28. The number of aromatic amines is 1. The zero-order valence-corrected chi connectivity index (χ0v) is 12.8. The van der Waals surface area contributed by atoms with Gasteiger partial charge < -0.3 is 19.7 Å². The van der Waals surface area contributed by atoms with E-state index in [-0.39, 0.29) is 0 Å². The van der Waals surface area contributed by atoms with E-state index in [2.05, 4.69) is 16.8 Å². The Morgan fingerprint density at radius 2 is 2.14 bits per heavy atom. The number of aliphatic hydroxyl groups excluding tert-OH is 1. The first kappa shape index (κ1) is 14.4. The molecule has 0 bridgehead atoms. The normalized spacial score (nSPS) is 19.0. The molecular formula is C17H24N2O2. The highest BCUT2D eigenvalue weighted by Gasteiger charge is 2.21. The van der Waals surface area contributed by atoms with Crippen LogP contribution in [0.5, 0.6) is 5.75 Å². The maximum Gasteiger partial charge on any atom is 0.119 e. The van der Waals surface area contributed by atoms with E-state index in [9.17, 15) is 5.11 Å². The lowest BCUT2D eigenvalue weighted by Crippen LogP contribution is -2.35. The summed E-state index contributed by atoms with van der Waals surface area (Å²) >= 11 is 0. The summed E-state index contributed by atoms with van der Waals surface area (Å²) in [7, 11) is 1.67. The topological polar surface area (TPSA) is 48.5 Å². The van der Waals surface area contributed by atoms with Crippen molar-refractivity contribution in [2.75, 3.05) is 26.7 Å². The van der Waals surface area contributed by atoms with Crippen LogP contribution in [0, 0.1) is 5.92 Å². The first-order valence-corrected chi connectivity index (χ1v) is 7.73. The minimum absolute atomic E-state index is 0.459. The molecule has 1 atom stereocenters. The Morgan fingerprint density at radius 3 is 2.86 bits per heavy atom. The summed E-state index contributed by atoms with van der Waals surface area (Å²) in [6, 6.07) is 5.91. The maximum atomic E-state index is 10.6. The summed E-state index contributed by atoms with van der Waals surface area (Å²) in [6.45, 7) is 5.18. The van der Waals surface area contributed by atoms with Crippen LogP contribution in [-0.2, 0) is 0 Å². The Labute approximate surface area is 125 Å².